The summed E-state index contributed by atoms with van der Waals surface area (Å²) in [4.78, 5) is 23.3. The molecular weight excluding hydrogens is 407 g/mol. The van der Waals surface area contributed by atoms with E-state index in [-0.39, 0.29) is 11.7 Å². The maximum atomic E-state index is 13.2. The van der Waals surface area contributed by atoms with Gasteiger partial charge in [0.15, 0.2) is 0 Å². The quantitative estimate of drug-likeness (QED) is 0.616. The minimum Gasteiger partial charge on any atom is -0.361 e. The summed E-state index contributed by atoms with van der Waals surface area (Å²) in [6, 6.07) is 9.68. The number of nitrogens with one attached hydrogen (secondary N) is 2. The monoisotopic (exact) mass is 429 g/mol. The number of benzene rings is 1. The molecule has 4 rings (SSSR count). The van der Waals surface area contributed by atoms with Crippen LogP contribution in [0.2, 0.25) is 0 Å². The normalized spacial score (nSPS) is 15.7. The molecule has 1 aliphatic rings. The van der Waals surface area contributed by atoms with Crippen LogP contribution in [0.25, 0.3) is 17.0 Å². The number of carbonyl (C=O) groups is 1. The Hall–Kier alpha value is -3.33. The molecule has 9 heteroatoms. The number of aromatic nitrogens is 2. The molecule has 1 aromatic carbocycles. The SMILES string of the molecule is CN1CCN(c2nc(C(F)(F)F)ccc2/C=C/C(=O)Nc2ccc3[nH]ccc3c2)CC1. The summed E-state index contributed by atoms with van der Waals surface area (Å²) in [5.41, 5.74) is 1.12. The van der Waals surface area contributed by atoms with Crippen LogP contribution < -0.4 is 10.2 Å². The number of amides is 1. The molecule has 0 bridgehead atoms. The number of rotatable bonds is 4. The van der Waals surface area contributed by atoms with Crippen molar-refractivity contribution >= 4 is 34.4 Å². The number of fused-ring (bicyclic) bond motifs is 1. The number of halogens is 3. The van der Waals surface area contributed by atoms with Crippen LogP contribution in [0.5, 0.6) is 0 Å². The highest BCUT2D eigenvalue weighted by molar-refractivity contribution is 6.03. The van der Waals surface area contributed by atoms with E-state index >= 15 is 0 Å². The van der Waals surface area contributed by atoms with Crippen molar-refractivity contribution < 1.29 is 18.0 Å². The number of H-pyrrole nitrogens is 1. The van der Waals surface area contributed by atoms with E-state index < -0.39 is 11.9 Å². The minimum atomic E-state index is -4.53. The molecule has 1 saturated heterocycles. The minimum absolute atomic E-state index is 0.237. The first kappa shape index (κ1) is 20.9. The van der Waals surface area contributed by atoms with Gasteiger partial charge in [-0.05, 0) is 49.5 Å². The van der Waals surface area contributed by atoms with E-state index in [2.05, 4.69) is 20.2 Å². The number of aromatic amines is 1. The summed E-state index contributed by atoms with van der Waals surface area (Å²) in [6.07, 6.45) is 0.0988. The Morgan fingerprint density at radius 3 is 2.65 bits per heavy atom. The molecule has 31 heavy (non-hydrogen) atoms. The first-order valence-electron chi connectivity index (χ1n) is 9.87. The first-order valence-corrected chi connectivity index (χ1v) is 9.87. The fraction of sp³-hybridized carbons (Fsp3) is 0.273. The van der Waals surface area contributed by atoms with Crippen molar-refractivity contribution in [3.05, 3.63) is 59.9 Å². The summed E-state index contributed by atoms with van der Waals surface area (Å²) >= 11 is 0. The van der Waals surface area contributed by atoms with Crippen LogP contribution in [-0.4, -0.2) is 54.0 Å². The van der Waals surface area contributed by atoms with Crippen LogP contribution in [0, 0.1) is 0 Å². The average Bonchev–Trinajstić information content (AvgIpc) is 3.20. The van der Waals surface area contributed by atoms with Gasteiger partial charge in [0.2, 0.25) is 5.91 Å². The third-order valence-electron chi connectivity index (χ3n) is 5.23. The average molecular weight is 429 g/mol. The Balaban J connectivity index is 1.55. The van der Waals surface area contributed by atoms with Crippen molar-refractivity contribution in [2.45, 2.75) is 6.18 Å². The Labute approximate surface area is 177 Å². The number of alkyl halides is 3. The number of nitrogens with zero attached hydrogens (tertiary/aromatic N) is 3. The molecule has 6 nitrogen and oxygen atoms in total. The van der Waals surface area contributed by atoms with E-state index in [1.807, 2.05) is 36.3 Å². The van der Waals surface area contributed by atoms with Gasteiger partial charge in [-0.1, -0.05) is 0 Å². The van der Waals surface area contributed by atoms with E-state index in [0.717, 1.165) is 30.1 Å². The van der Waals surface area contributed by atoms with Gasteiger partial charge in [-0.2, -0.15) is 13.2 Å². The number of likely N-dealkylation sites (N-methyl/N-ethyl adjacent to an activating group) is 1. The zero-order chi connectivity index (χ0) is 22.0. The molecule has 1 aliphatic heterocycles. The standard InChI is InChI=1S/C22H22F3N5O/c1-29-10-12-30(13-11-29)21-15(2-6-19(28-21)22(23,24)25)3-7-20(31)27-17-4-5-18-16(14-17)8-9-26-18/h2-9,14,26H,10-13H2,1H3,(H,27,31)/b7-3+. The van der Waals surface area contributed by atoms with Crippen molar-refractivity contribution in [2.75, 3.05) is 43.4 Å². The fourth-order valence-electron chi connectivity index (χ4n) is 3.50. The van der Waals surface area contributed by atoms with Crippen molar-refractivity contribution in [1.82, 2.24) is 14.9 Å². The van der Waals surface area contributed by atoms with Gasteiger partial charge in [0.25, 0.3) is 0 Å². The summed E-state index contributed by atoms with van der Waals surface area (Å²) in [7, 11) is 1.97. The second-order valence-corrected chi connectivity index (χ2v) is 7.50. The number of anilines is 2. The van der Waals surface area contributed by atoms with Crippen molar-refractivity contribution in [3.8, 4) is 0 Å². The van der Waals surface area contributed by atoms with Crippen molar-refractivity contribution in [1.29, 1.82) is 0 Å². The predicted molar refractivity (Wildman–Crippen MR) is 115 cm³/mol. The van der Waals surface area contributed by atoms with E-state index in [0.29, 0.717) is 24.3 Å². The zero-order valence-corrected chi connectivity index (χ0v) is 16.9. The van der Waals surface area contributed by atoms with E-state index in [1.54, 1.807) is 6.07 Å². The van der Waals surface area contributed by atoms with E-state index in [1.165, 1.54) is 18.2 Å². The van der Waals surface area contributed by atoms with Gasteiger partial charge in [0.05, 0.1) is 0 Å². The lowest BCUT2D eigenvalue weighted by Crippen LogP contribution is -2.45. The van der Waals surface area contributed by atoms with Crippen LogP contribution in [0.4, 0.5) is 24.7 Å². The molecule has 1 fully saturated rings. The molecule has 0 atom stereocenters. The topological polar surface area (TPSA) is 64.3 Å². The zero-order valence-electron chi connectivity index (χ0n) is 16.9. The molecule has 3 aromatic rings. The molecule has 0 saturated carbocycles. The van der Waals surface area contributed by atoms with Gasteiger partial charge in [-0.25, -0.2) is 4.98 Å². The van der Waals surface area contributed by atoms with Gasteiger partial charge in [0, 0.05) is 60.6 Å². The lowest BCUT2D eigenvalue weighted by molar-refractivity contribution is -0.141. The largest absolute Gasteiger partial charge is 0.433 e. The third-order valence-corrected chi connectivity index (χ3v) is 5.23. The second-order valence-electron chi connectivity index (χ2n) is 7.50. The van der Waals surface area contributed by atoms with Crippen LogP contribution in [0.15, 0.2) is 48.7 Å². The number of carbonyl (C=O) groups excluding carboxylic acids is 1. The molecular formula is C22H22F3N5O. The Bertz CT molecular complexity index is 1110. The summed E-state index contributed by atoms with van der Waals surface area (Å²) < 4.78 is 39.6. The summed E-state index contributed by atoms with van der Waals surface area (Å²) in [5.74, 6) is -0.139. The molecule has 0 aliphatic carbocycles. The predicted octanol–water partition coefficient (Wildman–Crippen LogP) is 3.99. The van der Waals surface area contributed by atoms with Gasteiger partial charge >= 0.3 is 6.18 Å². The van der Waals surface area contributed by atoms with Crippen LogP contribution in [-0.2, 0) is 11.0 Å². The highest BCUT2D eigenvalue weighted by atomic mass is 19.4. The van der Waals surface area contributed by atoms with Gasteiger partial charge in [-0.15, -0.1) is 0 Å². The summed E-state index contributed by atoms with van der Waals surface area (Å²) in [6.45, 7) is 2.58. The first-order chi connectivity index (χ1) is 14.8. The Morgan fingerprint density at radius 2 is 1.90 bits per heavy atom. The molecule has 2 aromatic heterocycles. The number of hydrogen-bond donors (Lipinski definition) is 2. The van der Waals surface area contributed by atoms with Crippen LogP contribution >= 0.6 is 0 Å². The molecule has 1 amide bonds. The number of piperazine rings is 1. The Kier molecular flexibility index (Phi) is 5.69. The highest BCUT2D eigenvalue weighted by Crippen LogP contribution is 2.31. The molecule has 0 spiro atoms. The van der Waals surface area contributed by atoms with Crippen molar-refractivity contribution in [2.24, 2.45) is 0 Å². The van der Waals surface area contributed by atoms with E-state index in [4.69, 9.17) is 0 Å². The summed E-state index contributed by atoms with van der Waals surface area (Å²) in [5, 5.41) is 3.74. The molecule has 162 valence electrons. The number of pyridine rings is 1. The third kappa shape index (κ3) is 4.88. The maximum absolute atomic E-state index is 13.2. The lowest BCUT2D eigenvalue weighted by Gasteiger charge is -2.34. The molecule has 0 radical (unpaired) electrons. The molecule has 2 N–H and O–H groups in total. The smallest absolute Gasteiger partial charge is 0.361 e. The van der Waals surface area contributed by atoms with Crippen LogP contribution in [0.1, 0.15) is 11.3 Å². The van der Waals surface area contributed by atoms with Gasteiger partial charge in [-0.3, -0.25) is 4.79 Å². The fourth-order valence-corrected chi connectivity index (χ4v) is 3.50. The Morgan fingerprint density at radius 1 is 1.13 bits per heavy atom. The second kappa shape index (κ2) is 8.43. The molecule has 0 unspecified atom stereocenters. The number of hydrogen-bond acceptors (Lipinski definition) is 4. The van der Waals surface area contributed by atoms with Crippen LogP contribution in [0.3, 0.4) is 0 Å². The van der Waals surface area contributed by atoms with Crippen molar-refractivity contribution in [3.63, 3.8) is 0 Å². The van der Waals surface area contributed by atoms with Gasteiger partial charge < -0.3 is 20.1 Å². The maximum Gasteiger partial charge on any atom is 0.433 e. The lowest BCUT2D eigenvalue weighted by atomic mass is 10.1. The highest BCUT2D eigenvalue weighted by Gasteiger charge is 2.33. The van der Waals surface area contributed by atoms with Gasteiger partial charge in [0.1, 0.15) is 11.5 Å². The molecule has 3 heterocycles. The van der Waals surface area contributed by atoms with E-state index in [9.17, 15) is 18.0 Å².